The molecule has 0 spiro atoms. The zero-order valence-corrected chi connectivity index (χ0v) is 22.0. The molecule has 198 valence electrons. The number of hydrogen-bond donors (Lipinski definition) is 1. The van der Waals surface area contributed by atoms with Crippen LogP contribution in [-0.2, 0) is 34.9 Å². The van der Waals surface area contributed by atoms with Crippen molar-refractivity contribution in [2.24, 2.45) is 5.73 Å². The summed E-state index contributed by atoms with van der Waals surface area (Å²) >= 11 is 12.5. The van der Waals surface area contributed by atoms with Crippen LogP contribution in [0.3, 0.4) is 0 Å². The number of amides is 1. The van der Waals surface area contributed by atoms with Crippen molar-refractivity contribution < 1.29 is 22.2 Å². The van der Waals surface area contributed by atoms with Gasteiger partial charge in [-0.25, -0.2) is 4.98 Å². The van der Waals surface area contributed by atoms with Gasteiger partial charge >= 0.3 is 6.18 Å². The van der Waals surface area contributed by atoms with Gasteiger partial charge in [-0.05, 0) is 54.8 Å². The number of hydrogen-bond acceptors (Lipinski definition) is 5. The van der Waals surface area contributed by atoms with Crippen molar-refractivity contribution >= 4 is 50.8 Å². The van der Waals surface area contributed by atoms with Crippen molar-refractivity contribution in [1.82, 2.24) is 14.5 Å². The van der Waals surface area contributed by atoms with Crippen LogP contribution in [0.1, 0.15) is 36.5 Å². The highest BCUT2D eigenvalue weighted by atomic mass is 35.5. The smallest absolute Gasteiger partial charge is 0.368 e. The molecule has 2 N–H and O–H groups in total. The second-order valence-corrected chi connectivity index (χ2v) is 11.2. The lowest BCUT2D eigenvalue weighted by Crippen LogP contribution is -2.40. The van der Waals surface area contributed by atoms with Crippen molar-refractivity contribution in [3.63, 3.8) is 0 Å². The number of nitrogens with zero attached hydrogens (tertiary/aromatic N) is 3. The van der Waals surface area contributed by atoms with E-state index in [1.807, 2.05) is 0 Å². The molecule has 0 saturated carbocycles. The molecule has 1 fully saturated rings. The van der Waals surface area contributed by atoms with Gasteiger partial charge in [-0.3, -0.25) is 23.3 Å². The van der Waals surface area contributed by atoms with Crippen LogP contribution in [0.2, 0.25) is 10.0 Å². The van der Waals surface area contributed by atoms with E-state index in [1.165, 1.54) is 6.33 Å². The van der Waals surface area contributed by atoms with E-state index in [2.05, 4.69) is 4.98 Å². The molecule has 1 aromatic heterocycles. The molecular weight excluding hydrogens is 552 g/mol. The van der Waals surface area contributed by atoms with Crippen molar-refractivity contribution in [2.75, 3.05) is 12.3 Å². The Balaban J connectivity index is 1.83. The van der Waals surface area contributed by atoms with E-state index in [9.17, 15) is 27.0 Å². The number of fused-ring (bicyclic) bond motifs is 1. The van der Waals surface area contributed by atoms with Crippen molar-refractivity contribution in [2.45, 2.75) is 50.0 Å². The summed E-state index contributed by atoms with van der Waals surface area (Å²) < 4.78 is 56.0. The van der Waals surface area contributed by atoms with Crippen LogP contribution in [0.25, 0.3) is 10.9 Å². The molecule has 7 nitrogen and oxygen atoms in total. The van der Waals surface area contributed by atoms with Crippen molar-refractivity contribution in [1.29, 1.82) is 0 Å². The van der Waals surface area contributed by atoms with Gasteiger partial charge in [0, 0.05) is 22.2 Å². The van der Waals surface area contributed by atoms with Gasteiger partial charge in [0.05, 0.1) is 51.2 Å². The number of benzene rings is 2. The Hall–Kier alpha value is -2.47. The van der Waals surface area contributed by atoms with E-state index in [1.54, 1.807) is 30.0 Å². The fraction of sp³-hybridized carbons (Fsp3) is 0.375. The summed E-state index contributed by atoms with van der Waals surface area (Å²) in [4.78, 5) is 31.3. The second kappa shape index (κ2) is 10.7. The first-order valence-electron chi connectivity index (χ1n) is 11.4. The van der Waals surface area contributed by atoms with E-state index in [0.717, 1.165) is 10.6 Å². The number of aromatic nitrogens is 2. The average molecular weight is 575 g/mol. The predicted molar refractivity (Wildman–Crippen MR) is 136 cm³/mol. The Kier molecular flexibility index (Phi) is 7.99. The topological polar surface area (TPSA) is 98.3 Å². The molecule has 0 radical (unpaired) electrons. The normalized spacial score (nSPS) is 17.4. The van der Waals surface area contributed by atoms with E-state index >= 15 is 0 Å². The van der Waals surface area contributed by atoms with E-state index in [-0.39, 0.29) is 34.6 Å². The Morgan fingerprint density at radius 3 is 2.62 bits per heavy atom. The third-order valence-corrected chi connectivity index (χ3v) is 8.44. The van der Waals surface area contributed by atoms with Crippen LogP contribution in [0.4, 0.5) is 13.2 Å². The lowest BCUT2D eigenvalue weighted by molar-refractivity contribution is -0.138. The number of nitrogens with two attached hydrogens (primary N) is 1. The summed E-state index contributed by atoms with van der Waals surface area (Å²) in [5.41, 5.74) is 3.74. The number of primary amides is 1. The van der Waals surface area contributed by atoms with Gasteiger partial charge in [-0.15, -0.1) is 0 Å². The Labute approximate surface area is 222 Å². The quantitative estimate of drug-likeness (QED) is 0.452. The minimum atomic E-state index is -4.82. The summed E-state index contributed by atoms with van der Waals surface area (Å²) in [6.07, 6.45) is -2.58. The molecule has 2 heterocycles. The molecule has 1 saturated heterocycles. The van der Waals surface area contributed by atoms with Crippen molar-refractivity contribution in [3.05, 3.63) is 67.7 Å². The fourth-order valence-electron chi connectivity index (χ4n) is 4.60. The molecule has 0 aliphatic carbocycles. The number of carbonyl (C=O) groups is 1. The third kappa shape index (κ3) is 5.55. The molecule has 2 atom stereocenters. The molecule has 13 heteroatoms. The standard InChI is InChI=1S/C24H23Cl2F3N4O3S/c1-2-37(36)19-6-5-14(25)8-13(19)10-33-12-31-21-15(23(33)35)9-17(24(27,28)29)16(20(21)26)11-32-7-3-4-18(32)22(30)34/h5-6,8-9,12,18H,2-4,7,10-11H2,1H3,(H2,30,34)/t18-,37?/m0/s1. The van der Waals surface area contributed by atoms with Gasteiger partial charge in [0.1, 0.15) is 0 Å². The zero-order valence-electron chi connectivity index (χ0n) is 19.6. The van der Waals surface area contributed by atoms with Crippen molar-refractivity contribution in [3.8, 4) is 0 Å². The van der Waals surface area contributed by atoms with E-state index < -0.39 is 40.0 Å². The molecule has 1 aliphatic heterocycles. The minimum absolute atomic E-state index is 0.0795. The highest BCUT2D eigenvalue weighted by Crippen LogP contribution is 2.39. The van der Waals surface area contributed by atoms with Crippen LogP contribution in [-0.4, -0.2) is 42.9 Å². The summed E-state index contributed by atoms with van der Waals surface area (Å²) in [5, 5.41) is -0.256. The van der Waals surface area contributed by atoms with Gasteiger partial charge in [0.15, 0.2) is 0 Å². The molecule has 2 aromatic carbocycles. The van der Waals surface area contributed by atoms with Gasteiger partial charge in [0.25, 0.3) is 5.56 Å². The maximum atomic E-state index is 14.1. The molecule has 0 bridgehead atoms. The maximum Gasteiger partial charge on any atom is 0.416 e. The first-order chi connectivity index (χ1) is 17.4. The maximum absolute atomic E-state index is 14.1. The molecule has 4 rings (SSSR count). The van der Waals surface area contributed by atoms with Crippen LogP contribution in [0, 0.1) is 0 Å². The van der Waals surface area contributed by atoms with Crippen LogP contribution in [0.5, 0.6) is 0 Å². The Morgan fingerprint density at radius 1 is 1.24 bits per heavy atom. The Morgan fingerprint density at radius 2 is 1.97 bits per heavy atom. The third-order valence-electron chi connectivity index (χ3n) is 6.39. The number of carbonyl (C=O) groups excluding carboxylic acids is 1. The molecular formula is C24H23Cl2F3N4O3S. The van der Waals surface area contributed by atoms with E-state index in [0.29, 0.717) is 40.6 Å². The monoisotopic (exact) mass is 574 g/mol. The van der Waals surface area contributed by atoms with Crippen LogP contribution < -0.4 is 11.3 Å². The van der Waals surface area contributed by atoms with Gasteiger partial charge in [0.2, 0.25) is 5.91 Å². The second-order valence-electron chi connectivity index (χ2n) is 8.71. The molecule has 1 amide bonds. The highest BCUT2D eigenvalue weighted by molar-refractivity contribution is 7.85. The van der Waals surface area contributed by atoms with E-state index in [4.69, 9.17) is 28.9 Å². The number of likely N-dealkylation sites (tertiary alicyclic amines) is 1. The predicted octanol–water partition coefficient (Wildman–Crippen LogP) is 4.35. The number of alkyl halides is 3. The van der Waals surface area contributed by atoms with Gasteiger partial charge < -0.3 is 5.73 Å². The minimum Gasteiger partial charge on any atom is -0.368 e. The largest absolute Gasteiger partial charge is 0.416 e. The first kappa shape index (κ1) is 27.6. The van der Waals surface area contributed by atoms with Gasteiger partial charge in [-0.1, -0.05) is 30.1 Å². The molecule has 37 heavy (non-hydrogen) atoms. The van der Waals surface area contributed by atoms with Crippen LogP contribution >= 0.6 is 23.2 Å². The summed E-state index contributed by atoms with van der Waals surface area (Å²) in [6, 6.07) is 4.79. The summed E-state index contributed by atoms with van der Waals surface area (Å²) in [7, 11) is -1.35. The summed E-state index contributed by atoms with van der Waals surface area (Å²) in [5.74, 6) is -0.283. The van der Waals surface area contributed by atoms with Crippen LogP contribution in [0.15, 0.2) is 40.3 Å². The molecule has 3 aromatic rings. The summed E-state index contributed by atoms with van der Waals surface area (Å²) in [6.45, 7) is 1.76. The zero-order chi connectivity index (χ0) is 27.1. The number of halogens is 5. The Bertz CT molecular complexity index is 1460. The van der Waals surface area contributed by atoms with Gasteiger partial charge in [-0.2, -0.15) is 13.2 Å². The SMILES string of the molecule is CCS(=O)c1ccc(Cl)cc1Cn1cnc2c(Cl)c(CN3CCC[C@H]3C(N)=O)c(C(F)(F)F)cc2c1=O. The fourth-order valence-corrected chi connectivity index (χ4v) is 6.05. The highest BCUT2D eigenvalue weighted by Gasteiger charge is 2.38. The lowest BCUT2D eigenvalue weighted by atomic mass is 10.0. The average Bonchev–Trinajstić information content (AvgIpc) is 3.30. The molecule has 1 aliphatic rings. The number of rotatable bonds is 7. The molecule has 1 unspecified atom stereocenters. The lowest BCUT2D eigenvalue weighted by Gasteiger charge is -2.25. The first-order valence-corrected chi connectivity index (χ1v) is 13.5.